The molecule has 84 valence electrons. The summed E-state index contributed by atoms with van der Waals surface area (Å²) in [6.07, 6.45) is 3.78. The number of alkyl halides is 1. The van der Waals surface area contributed by atoms with Crippen molar-refractivity contribution >= 4 is 11.6 Å². The average molecular weight is 225 g/mol. The number of benzene rings is 1. The highest BCUT2D eigenvalue weighted by Gasteiger charge is 2.13. The summed E-state index contributed by atoms with van der Waals surface area (Å²) in [6, 6.07) is 10.6. The van der Waals surface area contributed by atoms with E-state index < -0.39 is 0 Å². The Morgan fingerprint density at radius 2 is 1.87 bits per heavy atom. The van der Waals surface area contributed by atoms with Gasteiger partial charge >= 0.3 is 0 Å². The zero-order valence-electron chi connectivity index (χ0n) is 9.75. The largest absolute Gasteiger partial charge is 0.126 e. The van der Waals surface area contributed by atoms with E-state index in [0.29, 0.717) is 5.92 Å². The molecule has 0 saturated carbocycles. The van der Waals surface area contributed by atoms with Crippen LogP contribution in [0.1, 0.15) is 44.6 Å². The molecule has 1 aromatic carbocycles. The second kappa shape index (κ2) is 6.90. The summed E-state index contributed by atoms with van der Waals surface area (Å²) in [5.74, 6) is 2.03. The molecule has 2 unspecified atom stereocenters. The average Bonchev–Trinajstić information content (AvgIpc) is 2.27. The first-order valence-corrected chi connectivity index (χ1v) is 6.42. The first-order valence-electron chi connectivity index (χ1n) is 5.88. The van der Waals surface area contributed by atoms with Crippen LogP contribution in [0, 0.1) is 5.92 Å². The fraction of sp³-hybridized carbons (Fsp3) is 0.571. The highest BCUT2D eigenvalue weighted by atomic mass is 35.5. The van der Waals surface area contributed by atoms with Crippen LogP contribution in [0.3, 0.4) is 0 Å². The molecule has 0 fully saturated rings. The van der Waals surface area contributed by atoms with E-state index >= 15 is 0 Å². The van der Waals surface area contributed by atoms with E-state index in [1.54, 1.807) is 0 Å². The summed E-state index contributed by atoms with van der Waals surface area (Å²) in [5.41, 5.74) is 1.38. The van der Waals surface area contributed by atoms with Gasteiger partial charge in [0.15, 0.2) is 0 Å². The van der Waals surface area contributed by atoms with E-state index in [4.69, 9.17) is 11.6 Å². The van der Waals surface area contributed by atoms with E-state index in [1.165, 1.54) is 24.8 Å². The summed E-state index contributed by atoms with van der Waals surface area (Å²) in [6.45, 7) is 4.57. The van der Waals surface area contributed by atoms with Gasteiger partial charge in [0.25, 0.3) is 0 Å². The highest BCUT2D eigenvalue weighted by Crippen LogP contribution is 2.26. The van der Waals surface area contributed by atoms with Gasteiger partial charge in [-0.2, -0.15) is 0 Å². The molecular formula is C14H21Cl. The third kappa shape index (κ3) is 4.25. The number of hydrogen-bond acceptors (Lipinski definition) is 0. The molecule has 1 aromatic rings. The van der Waals surface area contributed by atoms with Gasteiger partial charge in [0.1, 0.15) is 0 Å². The van der Waals surface area contributed by atoms with Gasteiger partial charge in [0.2, 0.25) is 0 Å². The van der Waals surface area contributed by atoms with Gasteiger partial charge in [-0.15, -0.1) is 11.6 Å². The molecule has 0 spiro atoms. The molecule has 2 atom stereocenters. The predicted octanol–water partition coefficient (Wildman–Crippen LogP) is 4.84. The first kappa shape index (κ1) is 12.6. The minimum absolute atomic E-state index is 0.523. The Balaban J connectivity index is 2.56. The summed E-state index contributed by atoms with van der Waals surface area (Å²) < 4.78 is 0. The van der Waals surface area contributed by atoms with E-state index in [2.05, 4.69) is 44.2 Å². The van der Waals surface area contributed by atoms with Crippen molar-refractivity contribution in [3.63, 3.8) is 0 Å². The zero-order chi connectivity index (χ0) is 11.1. The molecule has 0 N–H and O–H groups in total. The van der Waals surface area contributed by atoms with Crippen molar-refractivity contribution in [2.45, 2.75) is 39.0 Å². The highest BCUT2D eigenvalue weighted by molar-refractivity contribution is 6.18. The van der Waals surface area contributed by atoms with Crippen LogP contribution in [0.25, 0.3) is 0 Å². The summed E-state index contributed by atoms with van der Waals surface area (Å²) in [5, 5.41) is 0. The Morgan fingerprint density at radius 3 is 2.40 bits per heavy atom. The summed E-state index contributed by atoms with van der Waals surface area (Å²) in [4.78, 5) is 0. The topological polar surface area (TPSA) is 0 Å². The molecular weight excluding hydrogens is 204 g/mol. The third-order valence-electron chi connectivity index (χ3n) is 2.93. The van der Waals surface area contributed by atoms with E-state index in [-0.39, 0.29) is 0 Å². The van der Waals surface area contributed by atoms with Crippen molar-refractivity contribution in [3.05, 3.63) is 35.9 Å². The molecule has 0 aliphatic rings. The fourth-order valence-corrected chi connectivity index (χ4v) is 2.41. The number of rotatable bonds is 6. The molecule has 0 saturated heterocycles. The van der Waals surface area contributed by atoms with Crippen molar-refractivity contribution in [2.24, 2.45) is 5.92 Å². The van der Waals surface area contributed by atoms with Crippen LogP contribution in [-0.2, 0) is 0 Å². The molecule has 1 rings (SSSR count). The molecule has 15 heavy (non-hydrogen) atoms. The smallest absolute Gasteiger partial charge is 0.0292 e. The van der Waals surface area contributed by atoms with Gasteiger partial charge < -0.3 is 0 Å². The lowest BCUT2D eigenvalue weighted by molar-refractivity contribution is 0.451. The quantitative estimate of drug-likeness (QED) is 0.607. The molecule has 0 radical (unpaired) electrons. The van der Waals surface area contributed by atoms with Crippen LogP contribution in [0.2, 0.25) is 0 Å². The minimum Gasteiger partial charge on any atom is -0.126 e. The van der Waals surface area contributed by atoms with E-state index in [0.717, 1.165) is 11.8 Å². The van der Waals surface area contributed by atoms with Crippen molar-refractivity contribution in [1.29, 1.82) is 0 Å². The Bertz CT molecular complexity index is 255. The molecule has 0 aliphatic carbocycles. The summed E-state index contributed by atoms with van der Waals surface area (Å²) in [7, 11) is 0. The maximum absolute atomic E-state index is 6.05. The van der Waals surface area contributed by atoms with E-state index in [9.17, 15) is 0 Å². The molecule has 0 heterocycles. The lowest BCUT2D eigenvalue weighted by Gasteiger charge is -2.18. The van der Waals surface area contributed by atoms with Gasteiger partial charge in [-0.05, 0) is 23.8 Å². The Hall–Kier alpha value is -0.490. The lowest BCUT2D eigenvalue weighted by Crippen LogP contribution is -2.06. The Morgan fingerprint density at radius 1 is 1.20 bits per heavy atom. The second-order valence-corrected chi connectivity index (χ2v) is 4.70. The van der Waals surface area contributed by atoms with Crippen molar-refractivity contribution in [3.8, 4) is 0 Å². The van der Waals surface area contributed by atoms with Gasteiger partial charge in [-0.3, -0.25) is 0 Å². The van der Waals surface area contributed by atoms with E-state index in [1.807, 2.05) is 0 Å². The van der Waals surface area contributed by atoms with Gasteiger partial charge in [0.05, 0.1) is 0 Å². The fourth-order valence-electron chi connectivity index (χ4n) is 2.11. The molecule has 0 aliphatic heterocycles. The van der Waals surface area contributed by atoms with Crippen LogP contribution in [0.15, 0.2) is 30.3 Å². The van der Waals surface area contributed by atoms with Crippen molar-refractivity contribution in [1.82, 2.24) is 0 Å². The van der Waals surface area contributed by atoms with Crippen LogP contribution >= 0.6 is 11.6 Å². The van der Waals surface area contributed by atoms with Crippen molar-refractivity contribution in [2.75, 3.05) is 5.88 Å². The lowest BCUT2D eigenvalue weighted by atomic mass is 9.89. The van der Waals surface area contributed by atoms with Crippen molar-refractivity contribution < 1.29 is 0 Å². The second-order valence-electron chi connectivity index (χ2n) is 4.39. The molecule has 1 heteroatoms. The minimum atomic E-state index is 0.523. The molecule has 0 nitrogen and oxygen atoms in total. The Kier molecular flexibility index (Phi) is 5.78. The first-order chi connectivity index (χ1) is 7.27. The maximum Gasteiger partial charge on any atom is 0.0292 e. The standard InChI is InChI=1S/C14H21Cl/c1-3-7-12(2)10-14(11-15)13-8-5-4-6-9-13/h4-6,8-9,12,14H,3,7,10-11H2,1-2H3. The molecule has 0 bridgehead atoms. The van der Waals surface area contributed by atoms with Gasteiger partial charge in [0, 0.05) is 5.88 Å². The van der Waals surface area contributed by atoms with Crippen LogP contribution < -0.4 is 0 Å². The monoisotopic (exact) mass is 224 g/mol. The normalized spacial score (nSPS) is 14.9. The third-order valence-corrected chi connectivity index (χ3v) is 3.30. The molecule has 0 amide bonds. The molecule has 0 aromatic heterocycles. The Labute approximate surface area is 98.7 Å². The number of halogens is 1. The predicted molar refractivity (Wildman–Crippen MR) is 68.6 cm³/mol. The van der Waals surface area contributed by atoms with Gasteiger partial charge in [-0.25, -0.2) is 0 Å². The van der Waals surface area contributed by atoms with Crippen LogP contribution in [0.4, 0.5) is 0 Å². The zero-order valence-corrected chi connectivity index (χ0v) is 10.5. The maximum atomic E-state index is 6.05. The van der Waals surface area contributed by atoms with Crippen LogP contribution in [0.5, 0.6) is 0 Å². The SMILES string of the molecule is CCCC(C)CC(CCl)c1ccccc1. The van der Waals surface area contributed by atoms with Crippen LogP contribution in [-0.4, -0.2) is 5.88 Å². The number of hydrogen-bond donors (Lipinski definition) is 0. The van der Waals surface area contributed by atoms with Gasteiger partial charge in [-0.1, -0.05) is 57.0 Å². The summed E-state index contributed by atoms with van der Waals surface area (Å²) >= 11 is 6.05.